The summed E-state index contributed by atoms with van der Waals surface area (Å²) in [4.78, 5) is 11.2. The van der Waals surface area contributed by atoms with Crippen LogP contribution in [0.5, 0.6) is 0 Å². The van der Waals surface area contributed by atoms with Crippen LogP contribution in [-0.2, 0) is 11.2 Å². The second-order valence-electron chi connectivity index (χ2n) is 2.92. The molecule has 0 fully saturated rings. The van der Waals surface area contributed by atoms with Crippen LogP contribution in [0.1, 0.15) is 28.4 Å². The minimum absolute atomic E-state index is 0.0327. The number of carbonyl (C=O) groups excluding carboxylic acids is 1. The maximum atomic E-state index is 13.6. The third-order valence-corrected chi connectivity index (χ3v) is 2.12. The molecule has 0 radical (unpaired) electrons. The van der Waals surface area contributed by atoms with Gasteiger partial charge in [0.2, 0.25) is 0 Å². The standard InChI is InChI=1S/C11H10FNO2/c1-3-7-4-5-8(11(14)15-2)9(6-13)10(7)12/h4-5H,3H2,1-2H3. The van der Waals surface area contributed by atoms with E-state index in [2.05, 4.69) is 4.74 Å². The third kappa shape index (κ3) is 1.96. The van der Waals surface area contributed by atoms with Crippen molar-refractivity contribution in [2.45, 2.75) is 13.3 Å². The molecule has 1 aromatic rings. The van der Waals surface area contributed by atoms with Gasteiger partial charge in [0.05, 0.1) is 12.7 Å². The van der Waals surface area contributed by atoms with E-state index in [1.165, 1.54) is 19.2 Å². The number of ether oxygens (including phenoxy) is 1. The summed E-state index contributed by atoms with van der Waals surface area (Å²) in [7, 11) is 1.19. The van der Waals surface area contributed by atoms with Crippen LogP contribution >= 0.6 is 0 Å². The Morgan fingerprint density at radius 2 is 2.27 bits per heavy atom. The molecule has 0 amide bonds. The Hall–Kier alpha value is -1.89. The Balaban J connectivity index is 3.39. The van der Waals surface area contributed by atoms with Crippen LogP contribution < -0.4 is 0 Å². The first kappa shape index (κ1) is 11.2. The smallest absolute Gasteiger partial charge is 0.339 e. The summed E-state index contributed by atoms with van der Waals surface area (Å²) < 4.78 is 18.1. The monoisotopic (exact) mass is 207 g/mol. The number of esters is 1. The van der Waals surface area contributed by atoms with Gasteiger partial charge in [-0.25, -0.2) is 9.18 Å². The zero-order valence-electron chi connectivity index (χ0n) is 8.50. The SMILES string of the molecule is CCc1ccc(C(=O)OC)c(C#N)c1F. The van der Waals surface area contributed by atoms with Crippen molar-refractivity contribution in [2.75, 3.05) is 7.11 Å². The number of rotatable bonds is 2. The number of nitrogens with zero attached hydrogens (tertiary/aromatic N) is 1. The lowest BCUT2D eigenvalue weighted by Gasteiger charge is -2.05. The third-order valence-electron chi connectivity index (χ3n) is 2.12. The molecule has 3 nitrogen and oxygen atoms in total. The fraction of sp³-hybridized carbons (Fsp3) is 0.273. The molecule has 0 aliphatic heterocycles. The minimum Gasteiger partial charge on any atom is -0.465 e. The first-order valence-electron chi connectivity index (χ1n) is 4.45. The highest BCUT2D eigenvalue weighted by atomic mass is 19.1. The summed E-state index contributed by atoms with van der Waals surface area (Å²) in [5.74, 6) is -1.34. The van der Waals surface area contributed by atoms with Crippen LogP contribution in [0.3, 0.4) is 0 Å². The van der Waals surface area contributed by atoms with E-state index >= 15 is 0 Å². The van der Waals surface area contributed by atoms with Crippen LogP contribution in [0, 0.1) is 17.1 Å². The molecule has 0 saturated heterocycles. The predicted octanol–water partition coefficient (Wildman–Crippen LogP) is 2.05. The average molecular weight is 207 g/mol. The van der Waals surface area contributed by atoms with E-state index in [-0.39, 0.29) is 11.1 Å². The Morgan fingerprint density at radius 3 is 2.73 bits per heavy atom. The van der Waals surface area contributed by atoms with E-state index < -0.39 is 11.8 Å². The fourth-order valence-corrected chi connectivity index (χ4v) is 1.28. The lowest BCUT2D eigenvalue weighted by Crippen LogP contribution is -2.07. The highest BCUT2D eigenvalue weighted by Gasteiger charge is 2.17. The van der Waals surface area contributed by atoms with Gasteiger partial charge in [-0.2, -0.15) is 5.26 Å². The molecule has 0 spiro atoms. The van der Waals surface area contributed by atoms with Crippen LogP contribution in [0.4, 0.5) is 4.39 Å². The molecule has 0 heterocycles. The Labute approximate surface area is 87.1 Å². The van der Waals surface area contributed by atoms with Crippen molar-refractivity contribution in [3.05, 3.63) is 34.6 Å². The Bertz CT molecular complexity index is 435. The van der Waals surface area contributed by atoms with Gasteiger partial charge >= 0.3 is 5.97 Å². The summed E-state index contributed by atoms with van der Waals surface area (Å²) >= 11 is 0. The molecule has 78 valence electrons. The summed E-state index contributed by atoms with van der Waals surface area (Å²) in [6.07, 6.45) is 0.474. The van der Waals surface area contributed by atoms with Gasteiger partial charge in [0.1, 0.15) is 17.4 Å². The van der Waals surface area contributed by atoms with Gasteiger partial charge in [-0.15, -0.1) is 0 Å². The number of benzene rings is 1. The normalized spacial score (nSPS) is 9.47. The minimum atomic E-state index is -0.701. The molecule has 0 aliphatic carbocycles. The molecule has 0 atom stereocenters. The van der Waals surface area contributed by atoms with Crippen molar-refractivity contribution in [3.8, 4) is 6.07 Å². The van der Waals surface area contributed by atoms with Gasteiger partial charge in [-0.1, -0.05) is 13.0 Å². The molecular formula is C11H10FNO2. The molecule has 0 bridgehead atoms. The highest BCUT2D eigenvalue weighted by molar-refractivity contribution is 5.92. The molecular weight excluding hydrogens is 197 g/mol. The number of nitriles is 1. The largest absolute Gasteiger partial charge is 0.465 e. The average Bonchev–Trinajstić information content (AvgIpc) is 2.27. The van der Waals surface area contributed by atoms with Crippen molar-refractivity contribution in [1.29, 1.82) is 5.26 Å². The molecule has 0 unspecified atom stereocenters. The van der Waals surface area contributed by atoms with Gasteiger partial charge in [-0.05, 0) is 18.1 Å². The van der Waals surface area contributed by atoms with E-state index in [0.29, 0.717) is 12.0 Å². The zero-order valence-corrected chi connectivity index (χ0v) is 8.50. The van der Waals surface area contributed by atoms with Crippen molar-refractivity contribution in [3.63, 3.8) is 0 Å². The van der Waals surface area contributed by atoms with Gasteiger partial charge in [0, 0.05) is 0 Å². The van der Waals surface area contributed by atoms with Crippen LogP contribution in [0.2, 0.25) is 0 Å². The van der Waals surface area contributed by atoms with Gasteiger partial charge in [-0.3, -0.25) is 0 Å². The zero-order chi connectivity index (χ0) is 11.4. The molecule has 15 heavy (non-hydrogen) atoms. The van der Waals surface area contributed by atoms with Gasteiger partial charge in [0.25, 0.3) is 0 Å². The summed E-state index contributed by atoms with van der Waals surface area (Å²) in [5, 5.41) is 8.77. The summed E-state index contributed by atoms with van der Waals surface area (Å²) in [6.45, 7) is 1.78. The van der Waals surface area contributed by atoms with Crippen LogP contribution in [0.25, 0.3) is 0 Å². The maximum absolute atomic E-state index is 13.6. The first-order valence-corrected chi connectivity index (χ1v) is 4.45. The second-order valence-corrected chi connectivity index (χ2v) is 2.92. The number of aryl methyl sites for hydroxylation is 1. The van der Waals surface area contributed by atoms with Gasteiger partial charge < -0.3 is 4.74 Å². The molecule has 1 rings (SSSR count). The highest BCUT2D eigenvalue weighted by Crippen LogP contribution is 2.18. The molecule has 4 heteroatoms. The number of methoxy groups -OCH3 is 1. The van der Waals surface area contributed by atoms with E-state index in [4.69, 9.17) is 5.26 Å². The quantitative estimate of drug-likeness (QED) is 0.697. The molecule has 0 saturated carbocycles. The predicted molar refractivity (Wildman–Crippen MR) is 51.8 cm³/mol. The molecule has 0 aliphatic rings. The van der Waals surface area contributed by atoms with Crippen LogP contribution in [0.15, 0.2) is 12.1 Å². The maximum Gasteiger partial charge on any atom is 0.339 e. The van der Waals surface area contributed by atoms with E-state index in [1.807, 2.05) is 0 Å². The van der Waals surface area contributed by atoms with Crippen molar-refractivity contribution in [2.24, 2.45) is 0 Å². The first-order chi connectivity index (χ1) is 7.15. The Morgan fingerprint density at radius 1 is 1.60 bits per heavy atom. The molecule has 1 aromatic carbocycles. The number of hydrogen-bond donors (Lipinski definition) is 0. The summed E-state index contributed by atoms with van der Waals surface area (Å²) in [6, 6.07) is 4.58. The summed E-state index contributed by atoms with van der Waals surface area (Å²) in [5.41, 5.74) is 0.134. The van der Waals surface area contributed by atoms with E-state index in [9.17, 15) is 9.18 Å². The van der Waals surface area contributed by atoms with Crippen molar-refractivity contribution < 1.29 is 13.9 Å². The number of hydrogen-bond acceptors (Lipinski definition) is 3. The molecule has 0 aromatic heterocycles. The number of halogens is 1. The lowest BCUT2D eigenvalue weighted by molar-refractivity contribution is 0.0600. The van der Waals surface area contributed by atoms with Gasteiger partial charge in [0.15, 0.2) is 0 Å². The number of carbonyl (C=O) groups is 1. The topological polar surface area (TPSA) is 50.1 Å². The van der Waals surface area contributed by atoms with E-state index in [1.54, 1.807) is 13.0 Å². The van der Waals surface area contributed by atoms with Crippen molar-refractivity contribution in [1.82, 2.24) is 0 Å². The fourth-order valence-electron chi connectivity index (χ4n) is 1.28. The Kier molecular flexibility index (Phi) is 3.40. The van der Waals surface area contributed by atoms with Crippen molar-refractivity contribution >= 4 is 5.97 Å². The second kappa shape index (κ2) is 4.56. The molecule has 0 N–H and O–H groups in total. The van der Waals surface area contributed by atoms with Crippen LogP contribution in [-0.4, -0.2) is 13.1 Å². The lowest BCUT2D eigenvalue weighted by atomic mass is 10.0. The van der Waals surface area contributed by atoms with E-state index in [0.717, 1.165) is 0 Å².